The van der Waals surface area contributed by atoms with Crippen molar-refractivity contribution in [1.29, 1.82) is 0 Å². The van der Waals surface area contributed by atoms with Crippen molar-refractivity contribution in [1.82, 2.24) is 25.2 Å². The molecule has 1 saturated heterocycles. The van der Waals surface area contributed by atoms with Crippen LogP contribution in [0.25, 0.3) is 22.6 Å². The molecule has 1 fully saturated rings. The van der Waals surface area contributed by atoms with Crippen LogP contribution in [0, 0.1) is 5.82 Å². The zero-order chi connectivity index (χ0) is 20.7. The van der Waals surface area contributed by atoms with Gasteiger partial charge in [0, 0.05) is 17.8 Å². The van der Waals surface area contributed by atoms with Crippen LogP contribution in [0.5, 0.6) is 11.5 Å². The van der Waals surface area contributed by atoms with E-state index in [2.05, 4.69) is 20.4 Å². The van der Waals surface area contributed by atoms with E-state index in [1.54, 1.807) is 7.05 Å². The Labute approximate surface area is 162 Å². The fourth-order valence-corrected chi connectivity index (χ4v) is 2.97. The summed E-state index contributed by atoms with van der Waals surface area (Å²) in [4.78, 5) is 18.2. The second-order valence-electron chi connectivity index (χ2n) is 6.28. The predicted molar refractivity (Wildman–Crippen MR) is 95.5 cm³/mol. The number of halogens is 1. The summed E-state index contributed by atoms with van der Waals surface area (Å²) in [5.74, 6) is -2.07. The highest BCUT2D eigenvalue weighted by Crippen LogP contribution is 2.45. The number of amides is 1. The number of phenols is 2. The van der Waals surface area contributed by atoms with Crippen molar-refractivity contribution < 1.29 is 29.2 Å². The Hall–Kier alpha value is -3.80. The Kier molecular flexibility index (Phi) is 4.47. The molecule has 0 spiro atoms. The number of pyridine rings is 1. The van der Waals surface area contributed by atoms with Gasteiger partial charge in [-0.1, -0.05) is 6.07 Å². The number of anilines is 1. The van der Waals surface area contributed by atoms with Gasteiger partial charge in [0.25, 0.3) is 0 Å². The maximum Gasteiger partial charge on any atom is 0.414 e. The molecular formula is C17H15FN6O5. The van der Waals surface area contributed by atoms with E-state index >= 15 is 0 Å². The quantitative estimate of drug-likeness (QED) is 0.539. The van der Waals surface area contributed by atoms with E-state index in [4.69, 9.17) is 9.84 Å². The monoisotopic (exact) mass is 402 g/mol. The number of carbonyl (C=O) groups excluding carboxylic acids is 1. The molecule has 0 unspecified atom stereocenters. The van der Waals surface area contributed by atoms with Gasteiger partial charge in [-0.2, -0.15) is 4.80 Å². The lowest BCUT2D eigenvalue weighted by atomic mass is 10.0. The van der Waals surface area contributed by atoms with Crippen LogP contribution in [0.3, 0.4) is 0 Å². The SMILES string of the molecule is Cn1nnc(-c2ccc(-c3c(F)cc(N4C[C@H](CO)OC4=O)c(O)c3O)cn2)n1. The fraction of sp³-hybridized carbons (Fsp3) is 0.235. The number of aliphatic hydroxyl groups is 1. The maximum absolute atomic E-state index is 14.8. The van der Waals surface area contributed by atoms with Crippen LogP contribution in [0.2, 0.25) is 0 Å². The number of aromatic nitrogens is 5. The van der Waals surface area contributed by atoms with E-state index in [-0.39, 0.29) is 29.2 Å². The summed E-state index contributed by atoms with van der Waals surface area (Å²) in [7, 11) is 1.60. The lowest BCUT2D eigenvalue weighted by molar-refractivity contribution is 0.0963. The van der Waals surface area contributed by atoms with Gasteiger partial charge in [0.1, 0.15) is 17.6 Å². The van der Waals surface area contributed by atoms with Crippen LogP contribution < -0.4 is 4.90 Å². The Morgan fingerprint density at radius 2 is 2.10 bits per heavy atom. The van der Waals surface area contributed by atoms with Crippen molar-refractivity contribution >= 4 is 11.8 Å². The van der Waals surface area contributed by atoms with Gasteiger partial charge in [0.2, 0.25) is 5.82 Å². The molecule has 1 aliphatic rings. The molecule has 1 aromatic carbocycles. The number of nitrogens with zero attached hydrogens (tertiary/aromatic N) is 6. The smallest absolute Gasteiger partial charge is 0.414 e. The van der Waals surface area contributed by atoms with Gasteiger partial charge in [-0.3, -0.25) is 9.88 Å². The van der Waals surface area contributed by atoms with Crippen LogP contribution in [0.4, 0.5) is 14.9 Å². The molecule has 2 aromatic heterocycles. The molecule has 11 nitrogen and oxygen atoms in total. The molecule has 12 heteroatoms. The minimum atomic E-state index is -0.886. The molecule has 150 valence electrons. The average molecular weight is 402 g/mol. The molecule has 0 aliphatic carbocycles. The standard InChI is InChI=1S/C17H15FN6O5/c1-23-21-16(20-22-23)11-3-2-8(5-19-11)13-10(18)4-12(14(26)15(13)27)24-6-9(7-25)29-17(24)28/h2-5,9,25-27H,6-7H2,1H3/t9-/m1/s1. The third-order valence-corrected chi connectivity index (χ3v) is 4.36. The predicted octanol–water partition coefficient (Wildman–Crippen LogP) is 0.807. The normalized spacial score (nSPS) is 16.3. The maximum atomic E-state index is 14.8. The first-order chi connectivity index (χ1) is 13.9. The van der Waals surface area contributed by atoms with Gasteiger partial charge in [-0.15, -0.1) is 10.2 Å². The number of aryl methyl sites for hydroxylation is 1. The second kappa shape index (κ2) is 6.98. The highest BCUT2D eigenvalue weighted by atomic mass is 19.1. The number of aromatic hydroxyl groups is 2. The Morgan fingerprint density at radius 3 is 2.69 bits per heavy atom. The first kappa shape index (κ1) is 18.6. The van der Waals surface area contributed by atoms with Crippen molar-refractivity contribution in [2.75, 3.05) is 18.1 Å². The first-order valence-corrected chi connectivity index (χ1v) is 8.43. The summed E-state index contributed by atoms with van der Waals surface area (Å²) in [6.07, 6.45) is -0.388. The van der Waals surface area contributed by atoms with Crippen LogP contribution >= 0.6 is 0 Å². The molecule has 0 saturated carbocycles. The van der Waals surface area contributed by atoms with E-state index in [0.29, 0.717) is 5.69 Å². The average Bonchev–Trinajstić information content (AvgIpc) is 3.31. The fourth-order valence-electron chi connectivity index (χ4n) is 2.97. The van der Waals surface area contributed by atoms with Crippen molar-refractivity contribution in [2.24, 2.45) is 7.05 Å². The van der Waals surface area contributed by atoms with E-state index in [1.807, 2.05) is 0 Å². The minimum Gasteiger partial charge on any atom is -0.504 e. The summed E-state index contributed by atoms with van der Waals surface area (Å²) in [6, 6.07) is 3.89. The molecule has 3 aromatic rings. The van der Waals surface area contributed by atoms with Crippen LogP contribution in [-0.4, -0.2) is 65.9 Å². The number of hydrogen-bond donors (Lipinski definition) is 3. The molecule has 0 radical (unpaired) electrons. The topological polar surface area (TPSA) is 147 Å². The van der Waals surface area contributed by atoms with Crippen molar-refractivity contribution in [2.45, 2.75) is 6.10 Å². The molecule has 1 aliphatic heterocycles. The number of phenolic OH excluding ortho intramolecular Hbond substituents is 2. The van der Waals surface area contributed by atoms with Crippen molar-refractivity contribution in [3.63, 3.8) is 0 Å². The molecule has 1 amide bonds. The molecule has 3 heterocycles. The third-order valence-electron chi connectivity index (χ3n) is 4.36. The lowest BCUT2D eigenvalue weighted by Crippen LogP contribution is -2.25. The van der Waals surface area contributed by atoms with Crippen LogP contribution in [-0.2, 0) is 11.8 Å². The highest BCUT2D eigenvalue weighted by molar-refractivity contribution is 5.94. The third kappa shape index (κ3) is 3.18. The second-order valence-corrected chi connectivity index (χ2v) is 6.28. The Bertz CT molecular complexity index is 1090. The number of benzene rings is 1. The van der Waals surface area contributed by atoms with Crippen molar-refractivity contribution in [3.8, 4) is 34.1 Å². The number of cyclic esters (lactones) is 1. The number of aliphatic hydroxyl groups excluding tert-OH is 1. The largest absolute Gasteiger partial charge is 0.504 e. The van der Waals surface area contributed by atoms with E-state index in [1.165, 1.54) is 23.1 Å². The summed E-state index contributed by atoms with van der Waals surface area (Å²) in [5.41, 5.74) is 0.0193. The number of hydrogen-bond acceptors (Lipinski definition) is 9. The molecule has 4 rings (SSSR count). The summed E-state index contributed by atoms with van der Waals surface area (Å²) in [6.45, 7) is -0.517. The Balaban J connectivity index is 1.70. The van der Waals surface area contributed by atoms with Gasteiger partial charge in [0.15, 0.2) is 11.5 Å². The van der Waals surface area contributed by atoms with E-state index in [9.17, 15) is 19.4 Å². The number of carbonyl (C=O) groups is 1. The molecular weight excluding hydrogens is 387 g/mol. The number of tetrazole rings is 1. The molecule has 0 bridgehead atoms. The highest BCUT2D eigenvalue weighted by Gasteiger charge is 2.35. The van der Waals surface area contributed by atoms with Crippen molar-refractivity contribution in [3.05, 3.63) is 30.2 Å². The van der Waals surface area contributed by atoms with E-state index < -0.39 is 36.1 Å². The zero-order valence-electron chi connectivity index (χ0n) is 15.0. The summed E-state index contributed by atoms with van der Waals surface area (Å²) >= 11 is 0. The lowest BCUT2D eigenvalue weighted by Gasteiger charge is -2.18. The van der Waals surface area contributed by atoms with Gasteiger partial charge in [-0.05, 0) is 11.3 Å². The number of rotatable bonds is 4. The van der Waals surface area contributed by atoms with Gasteiger partial charge in [0.05, 0.1) is 31.5 Å². The minimum absolute atomic E-state index is 0.0948. The summed E-state index contributed by atoms with van der Waals surface area (Å²) < 4.78 is 19.7. The molecule has 29 heavy (non-hydrogen) atoms. The Morgan fingerprint density at radius 1 is 1.31 bits per heavy atom. The van der Waals surface area contributed by atoms with Crippen LogP contribution in [0.15, 0.2) is 24.4 Å². The molecule has 3 N–H and O–H groups in total. The summed E-state index contributed by atoms with van der Waals surface area (Å²) in [5, 5.41) is 41.4. The molecule has 1 atom stereocenters. The zero-order valence-corrected chi connectivity index (χ0v) is 15.0. The van der Waals surface area contributed by atoms with Gasteiger partial charge < -0.3 is 20.1 Å². The first-order valence-electron chi connectivity index (χ1n) is 8.43. The number of ether oxygens (including phenoxy) is 1. The van der Waals surface area contributed by atoms with Gasteiger partial charge >= 0.3 is 6.09 Å². The van der Waals surface area contributed by atoms with Crippen LogP contribution in [0.1, 0.15) is 0 Å². The van der Waals surface area contributed by atoms with Gasteiger partial charge in [-0.25, -0.2) is 9.18 Å². The van der Waals surface area contributed by atoms with E-state index in [0.717, 1.165) is 11.0 Å².